The molecule has 7 nitrogen and oxygen atoms in total. The van der Waals surface area contributed by atoms with Crippen LogP contribution in [0.3, 0.4) is 0 Å². The van der Waals surface area contributed by atoms with E-state index in [4.69, 9.17) is 6.57 Å². The summed E-state index contributed by atoms with van der Waals surface area (Å²) in [5.41, 5.74) is 0.744. The first kappa shape index (κ1) is 18.0. The molecule has 0 aliphatic carbocycles. The molecule has 2 aromatic rings. The Hall–Kier alpha value is -2.76. The van der Waals surface area contributed by atoms with Crippen molar-refractivity contribution in [2.45, 2.75) is 17.9 Å². The van der Waals surface area contributed by atoms with Crippen molar-refractivity contribution in [1.82, 2.24) is 14.2 Å². The lowest BCUT2D eigenvalue weighted by Crippen LogP contribution is -2.55. The molecule has 1 fully saturated rings. The first-order valence-electron chi connectivity index (χ1n) is 8.13. The van der Waals surface area contributed by atoms with Gasteiger partial charge in [0.1, 0.15) is 5.69 Å². The minimum Gasteiger partial charge on any atom is -0.332 e. The Labute approximate surface area is 152 Å². The highest BCUT2D eigenvalue weighted by Gasteiger charge is 2.34. The summed E-state index contributed by atoms with van der Waals surface area (Å²) in [6, 6.07) is 10.7. The molecule has 0 bridgehead atoms. The minimum atomic E-state index is -3.66. The summed E-state index contributed by atoms with van der Waals surface area (Å²) in [5, 5.41) is 0. The number of hydrogen-bond donors (Lipinski definition) is 0. The van der Waals surface area contributed by atoms with Crippen molar-refractivity contribution in [2.24, 2.45) is 0 Å². The van der Waals surface area contributed by atoms with E-state index in [0.717, 1.165) is 0 Å². The maximum absolute atomic E-state index is 12.8. The van der Waals surface area contributed by atoms with E-state index in [1.807, 2.05) is 6.92 Å². The van der Waals surface area contributed by atoms with E-state index < -0.39 is 10.0 Å². The van der Waals surface area contributed by atoms with Gasteiger partial charge in [0.25, 0.3) is 5.91 Å². The number of carbonyl (C=O) groups excluding carboxylic acids is 1. The molecule has 1 aromatic carbocycles. The second kappa shape index (κ2) is 7.23. The summed E-state index contributed by atoms with van der Waals surface area (Å²) in [7, 11) is -3.66. The van der Waals surface area contributed by atoms with Crippen LogP contribution in [-0.4, -0.2) is 54.2 Å². The average molecular weight is 370 g/mol. The largest absolute Gasteiger partial charge is 0.332 e. The van der Waals surface area contributed by atoms with Gasteiger partial charge in [-0.15, -0.1) is 0 Å². The van der Waals surface area contributed by atoms with Gasteiger partial charge in [-0.3, -0.25) is 9.78 Å². The van der Waals surface area contributed by atoms with Crippen molar-refractivity contribution in [3.05, 3.63) is 65.8 Å². The zero-order chi connectivity index (χ0) is 18.7. The molecule has 3 rings (SSSR count). The summed E-state index contributed by atoms with van der Waals surface area (Å²) in [6.45, 7) is 9.51. The Morgan fingerprint density at radius 1 is 1.19 bits per heavy atom. The highest BCUT2D eigenvalue weighted by molar-refractivity contribution is 7.89. The molecule has 8 heteroatoms. The van der Waals surface area contributed by atoms with Crippen LogP contribution in [-0.2, 0) is 10.0 Å². The molecule has 0 saturated carbocycles. The molecular formula is C18H18N4O3S. The van der Waals surface area contributed by atoms with Gasteiger partial charge < -0.3 is 4.90 Å². The Morgan fingerprint density at radius 3 is 2.50 bits per heavy atom. The Balaban J connectivity index is 1.75. The van der Waals surface area contributed by atoms with E-state index in [1.165, 1.54) is 28.6 Å². The average Bonchev–Trinajstić information content (AvgIpc) is 2.68. The van der Waals surface area contributed by atoms with Crippen molar-refractivity contribution in [1.29, 1.82) is 0 Å². The lowest BCUT2D eigenvalue weighted by molar-refractivity contribution is 0.0585. The second-order valence-corrected chi connectivity index (χ2v) is 7.97. The molecule has 2 heterocycles. The number of amides is 1. The van der Waals surface area contributed by atoms with Crippen LogP contribution < -0.4 is 0 Å². The summed E-state index contributed by atoms with van der Waals surface area (Å²) < 4.78 is 27.0. The van der Waals surface area contributed by atoms with Gasteiger partial charge >= 0.3 is 0 Å². The predicted molar refractivity (Wildman–Crippen MR) is 96.2 cm³/mol. The van der Waals surface area contributed by atoms with E-state index in [2.05, 4.69) is 9.83 Å². The molecule has 0 unspecified atom stereocenters. The van der Waals surface area contributed by atoms with Gasteiger partial charge in [0, 0.05) is 31.9 Å². The molecule has 0 spiro atoms. The first-order valence-corrected chi connectivity index (χ1v) is 9.57. The zero-order valence-corrected chi connectivity index (χ0v) is 15.1. The molecule has 26 heavy (non-hydrogen) atoms. The highest BCUT2D eigenvalue weighted by atomic mass is 32.2. The molecule has 0 radical (unpaired) electrons. The molecular weight excluding hydrogens is 352 g/mol. The van der Waals surface area contributed by atoms with Gasteiger partial charge in [0.2, 0.25) is 10.0 Å². The predicted octanol–water partition coefficient (Wildman–Crippen LogP) is 2.17. The van der Waals surface area contributed by atoms with Crippen molar-refractivity contribution in [3.63, 3.8) is 0 Å². The zero-order valence-electron chi connectivity index (χ0n) is 14.2. The Kier molecular flexibility index (Phi) is 5.02. The summed E-state index contributed by atoms with van der Waals surface area (Å²) >= 11 is 0. The highest BCUT2D eigenvalue weighted by Crippen LogP contribution is 2.23. The summed E-state index contributed by atoms with van der Waals surface area (Å²) in [4.78, 5) is 21.7. The standard InChI is InChI=1S/C18H18N4O3S/c1-14-13-21(26(24,25)16-8-6-15(19-2)7-9-16)11-12-22(14)18(23)17-5-3-4-10-20-17/h3-10,14H,11-13H2,1H3/t14-/m0/s1. The van der Waals surface area contributed by atoms with Crippen molar-refractivity contribution in [3.8, 4) is 0 Å². The third-order valence-electron chi connectivity index (χ3n) is 4.34. The lowest BCUT2D eigenvalue weighted by atomic mass is 10.2. The van der Waals surface area contributed by atoms with Crippen LogP contribution in [0, 0.1) is 6.57 Å². The van der Waals surface area contributed by atoms with E-state index in [1.54, 1.807) is 29.3 Å². The fourth-order valence-electron chi connectivity index (χ4n) is 2.92. The number of piperazine rings is 1. The maximum atomic E-state index is 12.8. The van der Waals surface area contributed by atoms with Crippen LogP contribution in [0.2, 0.25) is 0 Å². The van der Waals surface area contributed by atoms with Crippen LogP contribution in [0.25, 0.3) is 4.85 Å². The SMILES string of the molecule is [C-]#[N+]c1ccc(S(=O)(=O)N2CCN(C(=O)c3ccccn3)[C@@H](C)C2)cc1. The first-order chi connectivity index (χ1) is 12.4. The fourth-order valence-corrected chi connectivity index (χ4v) is 4.43. The van der Waals surface area contributed by atoms with Gasteiger partial charge in [-0.25, -0.2) is 13.3 Å². The van der Waals surface area contributed by atoms with E-state index in [0.29, 0.717) is 17.9 Å². The second-order valence-electron chi connectivity index (χ2n) is 6.03. The van der Waals surface area contributed by atoms with Crippen molar-refractivity contribution in [2.75, 3.05) is 19.6 Å². The Bertz CT molecular complexity index is 937. The molecule has 1 aliphatic heterocycles. The van der Waals surface area contributed by atoms with Crippen LogP contribution in [0.5, 0.6) is 0 Å². The Morgan fingerprint density at radius 2 is 1.92 bits per heavy atom. The van der Waals surface area contributed by atoms with Gasteiger partial charge in [-0.05, 0) is 19.1 Å². The fraction of sp³-hybridized carbons (Fsp3) is 0.278. The number of nitrogens with zero attached hydrogens (tertiary/aromatic N) is 4. The van der Waals surface area contributed by atoms with Crippen LogP contribution in [0.1, 0.15) is 17.4 Å². The molecule has 134 valence electrons. The number of hydrogen-bond acceptors (Lipinski definition) is 4. The summed E-state index contributed by atoms with van der Waals surface area (Å²) in [6.07, 6.45) is 1.56. The third kappa shape index (κ3) is 3.45. The molecule has 0 N–H and O–H groups in total. The summed E-state index contributed by atoms with van der Waals surface area (Å²) in [5.74, 6) is -0.198. The van der Waals surface area contributed by atoms with E-state index >= 15 is 0 Å². The lowest BCUT2D eigenvalue weighted by Gasteiger charge is -2.39. The normalized spacial score (nSPS) is 18.3. The molecule has 1 aliphatic rings. The van der Waals surface area contributed by atoms with Crippen LogP contribution in [0.15, 0.2) is 53.6 Å². The molecule has 1 saturated heterocycles. The van der Waals surface area contributed by atoms with Crippen molar-refractivity contribution < 1.29 is 13.2 Å². The monoisotopic (exact) mass is 370 g/mol. The molecule has 1 aromatic heterocycles. The van der Waals surface area contributed by atoms with Gasteiger partial charge in [-0.2, -0.15) is 4.31 Å². The molecule has 1 atom stereocenters. The number of rotatable bonds is 3. The quantitative estimate of drug-likeness (QED) is 0.776. The number of pyridine rings is 1. The number of benzene rings is 1. The number of aromatic nitrogens is 1. The third-order valence-corrected chi connectivity index (χ3v) is 6.22. The van der Waals surface area contributed by atoms with Gasteiger partial charge in [0.05, 0.1) is 11.5 Å². The van der Waals surface area contributed by atoms with Crippen molar-refractivity contribution >= 4 is 21.6 Å². The number of carbonyl (C=O) groups is 1. The van der Waals surface area contributed by atoms with Gasteiger partial charge in [-0.1, -0.05) is 30.3 Å². The molecule has 1 amide bonds. The smallest absolute Gasteiger partial charge is 0.272 e. The van der Waals surface area contributed by atoms with Crippen LogP contribution >= 0.6 is 0 Å². The number of sulfonamides is 1. The topological polar surface area (TPSA) is 74.9 Å². The van der Waals surface area contributed by atoms with E-state index in [9.17, 15) is 13.2 Å². The van der Waals surface area contributed by atoms with Crippen LogP contribution in [0.4, 0.5) is 5.69 Å². The minimum absolute atomic E-state index is 0.154. The maximum Gasteiger partial charge on any atom is 0.272 e. The van der Waals surface area contributed by atoms with E-state index in [-0.39, 0.29) is 29.9 Å². The van der Waals surface area contributed by atoms with Gasteiger partial charge in [0.15, 0.2) is 5.69 Å².